The molecule has 0 saturated carbocycles. The molecule has 1 aliphatic heterocycles. The molecule has 6 aromatic carbocycles. The standard InChI is InChI=1S/C50H41N7O/c1-50(2,3)35-26-27-51-46(28-35)57-41-23-12-11-22-38(41)39-30-40(49-53-47(33-16-7-5-8-17-33)52-48(54-49)34-18-9-6-10-19-34)45(31-44(39)57)58-37-21-15-20-36(29-37)56-32-55(4)42-24-13-14-25-43(42)56/h5-31H,32H2,1-4H3. The summed E-state index contributed by atoms with van der Waals surface area (Å²) in [5.74, 6) is 3.83. The van der Waals surface area contributed by atoms with Crippen LogP contribution in [0.4, 0.5) is 17.1 Å². The van der Waals surface area contributed by atoms with E-state index in [1.165, 1.54) is 11.3 Å². The summed E-state index contributed by atoms with van der Waals surface area (Å²) in [6.45, 7) is 7.41. The summed E-state index contributed by atoms with van der Waals surface area (Å²) in [6.07, 6.45) is 1.91. The fraction of sp³-hybridized carbons (Fsp3) is 0.120. The maximum atomic E-state index is 7.07. The Balaban J connectivity index is 1.21. The monoisotopic (exact) mass is 755 g/mol. The predicted octanol–water partition coefficient (Wildman–Crippen LogP) is 12.0. The van der Waals surface area contributed by atoms with Gasteiger partial charge in [-0.3, -0.25) is 4.57 Å². The molecule has 0 unspecified atom stereocenters. The van der Waals surface area contributed by atoms with E-state index in [1.54, 1.807) is 0 Å². The van der Waals surface area contributed by atoms with Gasteiger partial charge in [0.15, 0.2) is 17.5 Å². The predicted molar refractivity (Wildman–Crippen MR) is 235 cm³/mol. The summed E-state index contributed by atoms with van der Waals surface area (Å²) in [6, 6.07) is 54.0. The van der Waals surface area contributed by atoms with E-state index in [0.29, 0.717) is 29.0 Å². The molecule has 1 aliphatic rings. The molecule has 0 bridgehead atoms. The molecule has 0 fully saturated rings. The van der Waals surface area contributed by atoms with Crippen molar-refractivity contribution in [3.8, 4) is 51.5 Å². The lowest BCUT2D eigenvalue weighted by atomic mass is 9.88. The molecular formula is C50H41N7O. The van der Waals surface area contributed by atoms with Crippen molar-refractivity contribution in [1.29, 1.82) is 0 Å². The zero-order valence-electron chi connectivity index (χ0n) is 32.8. The van der Waals surface area contributed by atoms with Gasteiger partial charge in [0.1, 0.15) is 17.3 Å². The molecule has 10 rings (SSSR count). The molecule has 0 spiro atoms. The fourth-order valence-corrected chi connectivity index (χ4v) is 7.88. The van der Waals surface area contributed by atoms with E-state index in [1.807, 2.05) is 79.0 Å². The average molecular weight is 756 g/mol. The van der Waals surface area contributed by atoms with Crippen LogP contribution >= 0.6 is 0 Å². The molecule has 282 valence electrons. The second-order valence-electron chi connectivity index (χ2n) is 15.8. The summed E-state index contributed by atoms with van der Waals surface area (Å²) in [4.78, 5) is 24.8. The third-order valence-corrected chi connectivity index (χ3v) is 10.8. The van der Waals surface area contributed by atoms with Gasteiger partial charge in [0, 0.05) is 53.0 Å². The quantitative estimate of drug-likeness (QED) is 0.160. The Morgan fingerprint density at radius 3 is 1.95 bits per heavy atom. The van der Waals surface area contributed by atoms with Crippen LogP contribution in [0.3, 0.4) is 0 Å². The number of fused-ring (bicyclic) bond motifs is 4. The van der Waals surface area contributed by atoms with Crippen molar-refractivity contribution < 1.29 is 4.74 Å². The van der Waals surface area contributed by atoms with E-state index in [4.69, 9.17) is 24.7 Å². The minimum absolute atomic E-state index is 0.0564. The molecule has 0 saturated heterocycles. The highest BCUT2D eigenvalue weighted by Crippen LogP contribution is 2.44. The first-order valence-electron chi connectivity index (χ1n) is 19.6. The molecular weight excluding hydrogens is 715 g/mol. The highest BCUT2D eigenvalue weighted by atomic mass is 16.5. The van der Waals surface area contributed by atoms with Crippen LogP contribution in [-0.2, 0) is 5.41 Å². The third kappa shape index (κ3) is 6.29. The van der Waals surface area contributed by atoms with E-state index in [2.05, 4.69) is 127 Å². The molecule has 0 atom stereocenters. The fourth-order valence-electron chi connectivity index (χ4n) is 7.88. The normalized spacial score (nSPS) is 12.7. The molecule has 0 radical (unpaired) electrons. The Bertz CT molecular complexity index is 2910. The molecule has 4 heterocycles. The lowest BCUT2D eigenvalue weighted by Crippen LogP contribution is -2.23. The van der Waals surface area contributed by atoms with E-state index < -0.39 is 0 Å². The molecule has 8 nitrogen and oxygen atoms in total. The summed E-state index contributed by atoms with van der Waals surface area (Å²) in [5, 5.41) is 2.13. The molecule has 9 aromatic rings. The molecule has 8 heteroatoms. The van der Waals surface area contributed by atoms with Crippen LogP contribution < -0.4 is 14.5 Å². The Morgan fingerprint density at radius 1 is 0.569 bits per heavy atom. The van der Waals surface area contributed by atoms with Gasteiger partial charge < -0.3 is 14.5 Å². The van der Waals surface area contributed by atoms with Gasteiger partial charge in [-0.05, 0) is 59.5 Å². The van der Waals surface area contributed by atoms with Gasteiger partial charge in [0.25, 0.3) is 0 Å². The van der Waals surface area contributed by atoms with Crippen molar-refractivity contribution in [2.75, 3.05) is 23.5 Å². The van der Waals surface area contributed by atoms with Crippen molar-refractivity contribution in [3.63, 3.8) is 0 Å². The van der Waals surface area contributed by atoms with Gasteiger partial charge in [-0.25, -0.2) is 19.9 Å². The highest BCUT2D eigenvalue weighted by Gasteiger charge is 2.26. The van der Waals surface area contributed by atoms with Crippen molar-refractivity contribution in [1.82, 2.24) is 24.5 Å². The van der Waals surface area contributed by atoms with Crippen LogP contribution in [-0.4, -0.2) is 38.2 Å². The number of para-hydroxylation sites is 3. The van der Waals surface area contributed by atoms with Crippen LogP contribution in [0.2, 0.25) is 0 Å². The Kier molecular flexibility index (Phi) is 8.48. The Morgan fingerprint density at radius 2 is 1.22 bits per heavy atom. The smallest absolute Gasteiger partial charge is 0.167 e. The number of hydrogen-bond acceptors (Lipinski definition) is 7. The summed E-state index contributed by atoms with van der Waals surface area (Å²) < 4.78 is 9.31. The maximum absolute atomic E-state index is 7.07. The minimum Gasteiger partial charge on any atom is -0.456 e. The number of aromatic nitrogens is 5. The van der Waals surface area contributed by atoms with Gasteiger partial charge >= 0.3 is 0 Å². The van der Waals surface area contributed by atoms with Crippen LogP contribution in [0.1, 0.15) is 26.3 Å². The second kappa shape index (κ2) is 14.0. The first-order chi connectivity index (χ1) is 28.3. The van der Waals surface area contributed by atoms with Gasteiger partial charge in [-0.1, -0.05) is 118 Å². The number of rotatable bonds is 7. The van der Waals surface area contributed by atoms with Gasteiger partial charge in [0.2, 0.25) is 0 Å². The number of ether oxygens (including phenoxy) is 1. The van der Waals surface area contributed by atoms with Crippen molar-refractivity contribution >= 4 is 38.9 Å². The van der Waals surface area contributed by atoms with Gasteiger partial charge in [-0.2, -0.15) is 0 Å². The SMILES string of the molecule is CN1CN(c2cccc(Oc3cc4c(cc3-c3nc(-c5ccccc5)nc(-c5ccccc5)n3)c3ccccc3n4-c3cc(C(C)(C)C)ccn3)c2)c2ccccc21. The molecule has 3 aromatic heterocycles. The maximum Gasteiger partial charge on any atom is 0.167 e. The average Bonchev–Trinajstić information content (AvgIpc) is 3.77. The highest BCUT2D eigenvalue weighted by molar-refractivity contribution is 6.11. The summed E-state index contributed by atoms with van der Waals surface area (Å²) in [5.41, 5.74) is 9.09. The van der Waals surface area contributed by atoms with Crippen molar-refractivity contribution in [2.45, 2.75) is 26.2 Å². The molecule has 0 amide bonds. The molecule has 58 heavy (non-hydrogen) atoms. The van der Waals surface area contributed by atoms with E-state index >= 15 is 0 Å². The van der Waals surface area contributed by atoms with Crippen LogP contribution in [0.25, 0.3) is 61.8 Å². The summed E-state index contributed by atoms with van der Waals surface area (Å²) in [7, 11) is 2.12. The second-order valence-corrected chi connectivity index (χ2v) is 15.8. The van der Waals surface area contributed by atoms with Gasteiger partial charge in [0.05, 0.1) is 34.6 Å². The van der Waals surface area contributed by atoms with Crippen molar-refractivity contribution in [3.05, 3.63) is 169 Å². The number of anilines is 3. The third-order valence-electron chi connectivity index (χ3n) is 10.8. The first kappa shape index (κ1) is 35.1. The lowest BCUT2D eigenvalue weighted by molar-refractivity contribution is 0.484. The largest absolute Gasteiger partial charge is 0.456 e. The lowest BCUT2D eigenvalue weighted by Gasteiger charge is -2.21. The van der Waals surface area contributed by atoms with E-state index in [0.717, 1.165) is 62.4 Å². The number of pyridine rings is 1. The molecule has 0 aliphatic carbocycles. The zero-order valence-corrected chi connectivity index (χ0v) is 32.8. The Labute approximate surface area is 337 Å². The van der Waals surface area contributed by atoms with Crippen molar-refractivity contribution in [2.24, 2.45) is 0 Å². The van der Waals surface area contributed by atoms with E-state index in [-0.39, 0.29) is 5.41 Å². The van der Waals surface area contributed by atoms with Crippen LogP contribution in [0.15, 0.2) is 164 Å². The Hall–Kier alpha value is -7.32. The van der Waals surface area contributed by atoms with E-state index in [9.17, 15) is 0 Å². The number of hydrogen-bond donors (Lipinski definition) is 0. The zero-order chi connectivity index (χ0) is 39.4. The van der Waals surface area contributed by atoms with Crippen LogP contribution in [0, 0.1) is 0 Å². The summed E-state index contributed by atoms with van der Waals surface area (Å²) >= 11 is 0. The van der Waals surface area contributed by atoms with Gasteiger partial charge in [-0.15, -0.1) is 0 Å². The molecule has 0 N–H and O–H groups in total. The first-order valence-corrected chi connectivity index (χ1v) is 19.6. The topological polar surface area (TPSA) is 72.2 Å². The van der Waals surface area contributed by atoms with Crippen LogP contribution in [0.5, 0.6) is 11.5 Å². The number of nitrogens with zero attached hydrogens (tertiary/aromatic N) is 7. The minimum atomic E-state index is -0.0564. The number of benzene rings is 6.